The molecule has 0 unspecified atom stereocenters. The van der Waals surface area contributed by atoms with E-state index in [1.54, 1.807) is 19.1 Å². The molecule has 7 heteroatoms. The van der Waals surface area contributed by atoms with Crippen LogP contribution >= 0.6 is 0 Å². The van der Waals surface area contributed by atoms with Crippen molar-refractivity contribution in [1.29, 1.82) is 0 Å². The molecule has 2 rings (SSSR count). The van der Waals surface area contributed by atoms with Gasteiger partial charge in [0, 0.05) is 6.20 Å². The standard InChI is InChI=1S/C12H14N2O5/c1-7-18-10(19-7)6-9(15)14-8-4-3-5-13-11(8)12(16)17-2/h3-5,7,10H,6H2,1-2H3,(H,14,15). The predicted molar refractivity (Wildman–Crippen MR) is 64.2 cm³/mol. The first-order valence-electron chi connectivity index (χ1n) is 5.74. The van der Waals surface area contributed by atoms with E-state index in [1.165, 1.54) is 13.3 Å². The molecule has 0 bridgehead atoms. The van der Waals surface area contributed by atoms with Crippen molar-refractivity contribution in [2.75, 3.05) is 12.4 Å². The van der Waals surface area contributed by atoms with Crippen LogP contribution in [0.25, 0.3) is 0 Å². The molecule has 0 radical (unpaired) electrons. The van der Waals surface area contributed by atoms with E-state index in [0.29, 0.717) is 5.69 Å². The summed E-state index contributed by atoms with van der Waals surface area (Å²) in [6.07, 6.45) is 0.691. The van der Waals surface area contributed by atoms with Gasteiger partial charge >= 0.3 is 5.97 Å². The molecule has 7 nitrogen and oxygen atoms in total. The van der Waals surface area contributed by atoms with E-state index in [1.807, 2.05) is 0 Å². The van der Waals surface area contributed by atoms with Gasteiger partial charge in [-0.05, 0) is 19.1 Å². The maximum Gasteiger partial charge on any atom is 0.358 e. The van der Waals surface area contributed by atoms with Crippen LogP contribution in [0.2, 0.25) is 0 Å². The van der Waals surface area contributed by atoms with Crippen molar-refractivity contribution in [3.8, 4) is 0 Å². The van der Waals surface area contributed by atoms with Gasteiger partial charge in [0.05, 0.1) is 19.2 Å². The van der Waals surface area contributed by atoms with Crippen LogP contribution in [0.3, 0.4) is 0 Å². The molecule has 0 atom stereocenters. The fraction of sp³-hybridized carbons (Fsp3) is 0.417. The maximum absolute atomic E-state index is 11.7. The number of anilines is 1. The number of pyridine rings is 1. The highest BCUT2D eigenvalue weighted by atomic mass is 16.9. The summed E-state index contributed by atoms with van der Waals surface area (Å²) < 4.78 is 14.9. The summed E-state index contributed by atoms with van der Waals surface area (Å²) in [6.45, 7) is 1.74. The summed E-state index contributed by atoms with van der Waals surface area (Å²) in [5.41, 5.74) is 0.355. The number of amides is 1. The van der Waals surface area contributed by atoms with E-state index in [-0.39, 0.29) is 24.3 Å². The molecule has 1 aromatic rings. The molecule has 1 aromatic heterocycles. The maximum atomic E-state index is 11.7. The number of hydrogen-bond acceptors (Lipinski definition) is 6. The van der Waals surface area contributed by atoms with Gasteiger partial charge in [-0.25, -0.2) is 9.78 Å². The molecule has 0 saturated carbocycles. The zero-order chi connectivity index (χ0) is 13.8. The Morgan fingerprint density at radius 3 is 2.84 bits per heavy atom. The third kappa shape index (κ3) is 3.27. The van der Waals surface area contributed by atoms with E-state index in [2.05, 4.69) is 15.0 Å². The Bertz CT molecular complexity index is 485. The number of nitrogens with zero attached hydrogens (tertiary/aromatic N) is 1. The molecule has 19 heavy (non-hydrogen) atoms. The Labute approximate surface area is 109 Å². The fourth-order valence-electron chi connectivity index (χ4n) is 1.65. The van der Waals surface area contributed by atoms with Gasteiger partial charge in [-0.3, -0.25) is 4.79 Å². The van der Waals surface area contributed by atoms with Crippen LogP contribution in [-0.4, -0.2) is 36.6 Å². The molecular formula is C12H14N2O5. The lowest BCUT2D eigenvalue weighted by atomic mass is 10.2. The zero-order valence-electron chi connectivity index (χ0n) is 10.6. The second-order valence-corrected chi connectivity index (χ2v) is 3.91. The van der Waals surface area contributed by atoms with Gasteiger partial charge in [0.15, 0.2) is 18.3 Å². The van der Waals surface area contributed by atoms with Crippen LogP contribution < -0.4 is 5.32 Å². The molecule has 1 amide bonds. The second-order valence-electron chi connectivity index (χ2n) is 3.91. The molecule has 0 aliphatic carbocycles. The third-order valence-electron chi connectivity index (χ3n) is 2.50. The van der Waals surface area contributed by atoms with Crippen molar-refractivity contribution < 1.29 is 23.8 Å². The van der Waals surface area contributed by atoms with Crippen molar-refractivity contribution in [2.24, 2.45) is 0 Å². The second kappa shape index (κ2) is 5.77. The van der Waals surface area contributed by atoms with Gasteiger partial charge in [-0.15, -0.1) is 0 Å². The monoisotopic (exact) mass is 266 g/mol. The van der Waals surface area contributed by atoms with Crippen LogP contribution in [-0.2, 0) is 19.0 Å². The van der Waals surface area contributed by atoms with Crippen LogP contribution in [0.4, 0.5) is 5.69 Å². The number of esters is 1. The van der Waals surface area contributed by atoms with Crippen LogP contribution in [0.15, 0.2) is 18.3 Å². The molecule has 0 spiro atoms. The highest BCUT2D eigenvalue weighted by molar-refractivity contribution is 5.99. The average molecular weight is 266 g/mol. The Morgan fingerprint density at radius 2 is 2.21 bits per heavy atom. The molecular weight excluding hydrogens is 252 g/mol. The Morgan fingerprint density at radius 1 is 1.47 bits per heavy atom. The lowest BCUT2D eigenvalue weighted by Crippen LogP contribution is -2.41. The fourth-order valence-corrected chi connectivity index (χ4v) is 1.65. The Kier molecular flexibility index (Phi) is 4.08. The lowest BCUT2D eigenvalue weighted by Gasteiger charge is -2.33. The van der Waals surface area contributed by atoms with Crippen molar-refractivity contribution in [1.82, 2.24) is 4.98 Å². The average Bonchev–Trinajstić information content (AvgIpc) is 2.36. The smallest absolute Gasteiger partial charge is 0.358 e. The molecule has 102 valence electrons. The van der Waals surface area contributed by atoms with E-state index < -0.39 is 12.3 Å². The minimum atomic E-state index is -0.610. The molecule has 1 aliphatic heterocycles. The SMILES string of the molecule is COC(=O)c1ncccc1NC(=O)CC1OC(C)O1. The first-order chi connectivity index (χ1) is 9.10. The van der Waals surface area contributed by atoms with E-state index >= 15 is 0 Å². The van der Waals surface area contributed by atoms with Gasteiger partial charge in [0.1, 0.15) is 0 Å². The highest BCUT2D eigenvalue weighted by Crippen LogP contribution is 2.20. The van der Waals surface area contributed by atoms with Gasteiger partial charge in [-0.2, -0.15) is 0 Å². The lowest BCUT2D eigenvalue weighted by molar-refractivity contribution is -0.373. The molecule has 0 aromatic carbocycles. The number of hydrogen-bond donors (Lipinski definition) is 1. The van der Waals surface area contributed by atoms with Crippen LogP contribution in [0.1, 0.15) is 23.8 Å². The number of ether oxygens (including phenoxy) is 3. The molecule has 2 heterocycles. The van der Waals surface area contributed by atoms with Crippen LogP contribution in [0.5, 0.6) is 0 Å². The summed E-state index contributed by atoms with van der Waals surface area (Å²) in [4.78, 5) is 27.1. The largest absolute Gasteiger partial charge is 0.464 e. The van der Waals surface area contributed by atoms with Gasteiger partial charge in [-0.1, -0.05) is 0 Å². The van der Waals surface area contributed by atoms with E-state index in [0.717, 1.165) is 0 Å². The van der Waals surface area contributed by atoms with Crippen molar-refractivity contribution in [3.05, 3.63) is 24.0 Å². The topological polar surface area (TPSA) is 86.8 Å². The number of carbonyl (C=O) groups excluding carboxylic acids is 2. The van der Waals surface area contributed by atoms with Crippen LogP contribution in [0, 0.1) is 0 Å². The summed E-state index contributed by atoms with van der Waals surface area (Å²) in [6, 6.07) is 3.18. The Hall–Kier alpha value is -1.99. The number of rotatable bonds is 4. The normalized spacial score (nSPS) is 21.4. The minimum Gasteiger partial charge on any atom is -0.464 e. The summed E-state index contributed by atoms with van der Waals surface area (Å²) in [7, 11) is 1.25. The van der Waals surface area contributed by atoms with Crippen molar-refractivity contribution in [2.45, 2.75) is 25.9 Å². The van der Waals surface area contributed by atoms with E-state index in [4.69, 9.17) is 9.47 Å². The zero-order valence-corrected chi connectivity index (χ0v) is 10.6. The number of nitrogens with one attached hydrogen (secondary N) is 1. The van der Waals surface area contributed by atoms with Crippen molar-refractivity contribution in [3.63, 3.8) is 0 Å². The summed E-state index contributed by atoms with van der Waals surface area (Å²) in [5.74, 6) is -0.935. The van der Waals surface area contributed by atoms with Crippen molar-refractivity contribution >= 4 is 17.6 Å². The summed E-state index contributed by atoms with van der Waals surface area (Å²) in [5, 5.41) is 2.58. The Balaban J connectivity index is 1.98. The van der Waals surface area contributed by atoms with Gasteiger partial charge < -0.3 is 19.5 Å². The van der Waals surface area contributed by atoms with Gasteiger partial charge in [0.25, 0.3) is 0 Å². The predicted octanol–water partition coefficient (Wildman–Crippen LogP) is 0.916. The summed E-state index contributed by atoms with van der Waals surface area (Å²) >= 11 is 0. The number of methoxy groups -OCH3 is 1. The third-order valence-corrected chi connectivity index (χ3v) is 2.50. The molecule has 1 fully saturated rings. The van der Waals surface area contributed by atoms with Gasteiger partial charge in [0.2, 0.25) is 5.91 Å². The molecule has 1 aliphatic rings. The number of aromatic nitrogens is 1. The first-order valence-corrected chi connectivity index (χ1v) is 5.74. The first kappa shape index (κ1) is 13.4. The number of carbonyl (C=O) groups is 2. The highest BCUT2D eigenvalue weighted by Gasteiger charge is 2.29. The molecule has 1 saturated heterocycles. The minimum absolute atomic E-state index is 0.0554. The molecule has 1 N–H and O–H groups in total. The quantitative estimate of drug-likeness (QED) is 0.815. The van der Waals surface area contributed by atoms with E-state index in [9.17, 15) is 9.59 Å².